The van der Waals surface area contributed by atoms with Crippen LogP contribution in [0, 0.1) is 28.6 Å². The van der Waals surface area contributed by atoms with Crippen molar-refractivity contribution in [3.05, 3.63) is 23.5 Å². The van der Waals surface area contributed by atoms with Crippen molar-refractivity contribution in [3.63, 3.8) is 0 Å². The van der Waals surface area contributed by atoms with Crippen LogP contribution in [-0.2, 0) is 9.53 Å². The average Bonchev–Trinajstić information content (AvgIpc) is 2.83. The molecule has 2 fully saturated rings. The number of Topliss-reactive ketones (excluding diaryl/α,β-unsaturated/α-hetero) is 1. The molecule has 0 amide bonds. The SMILES string of the molecule is CC(O)OC1=CC2=CC[C@@H]3[C@H](CC[C@]4(C)C(=O)CC[C@@H]34)[C@@]2(C)CC1. The van der Waals surface area contributed by atoms with Gasteiger partial charge in [0.05, 0.1) is 5.76 Å². The summed E-state index contributed by atoms with van der Waals surface area (Å²) >= 11 is 0. The molecule has 3 nitrogen and oxygen atoms in total. The number of rotatable bonds is 2. The fourth-order valence-electron chi connectivity index (χ4n) is 6.38. The summed E-state index contributed by atoms with van der Waals surface area (Å²) in [6.07, 6.45) is 11.1. The summed E-state index contributed by atoms with van der Waals surface area (Å²) in [5.74, 6) is 3.37. The first-order valence-electron chi connectivity index (χ1n) is 9.64. The zero-order valence-corrected chi connectivity index (χ0v) is 15.2. The Morgan fingerprint density at radius 3 is 2.67 bits per heavy atom. The second kappa shape index (κ2) is 5.45. The molecule has 0 aromatic carbocycles. The lowest BCUT2D eigenvalue weighted by Crippen LogP contribution is -2.49. The molecule has 4 aliphatic rings. The predicted molar refractivity (Wildman–Crippen MR) is 92.9 cm³/mol. The number of carbonyl (C=O) groups excluding carboxylic acids is 1. The van der Waals surface area contributed by atoms with Crippen LogP contribution in [0.1, 0.15) is 65.7 Å². The molecule has 0 aliphatic heterocycles. The number of ether oxygens (including phenoxy) is 1. The molecule has 3 heteroatoms. The molecule has 1 unspecified atom stereocenters. The van der Waals surface area contributed by atoms with Crippen LogP contribution >= 0.6 is 0 Å². The van der Waals surface area contributed by atoms with Crippen molar-refractivity contribution >= 4 is 5.78 Å². The minimum atomic E-state index is -0.738. The highest BCUT2D eigenvalue weighted by molar-refractivity contribution is 5.87. The van der Waals surface area contributed by atoms with E-state index in [-0.39, 0.29) is 10.8 Å². The third-order valence-corrected chi connectivity index (χ3v) is 7.76. The highest BCUT2D eigenvalue weighted by Gasteiger charge is 2.58. The molecule has 1 N–H and O–H groups in total. The summed E-state index contributed by atoms with van der Waals surface area (Å²) in [5, 5.41) is 9.49. The molecule has 24 heavy (non-hydrogen) atoms. The van der Waals surface area contributed by atoms with Crippen molar-refractivity contribution in [2.45, 2.75) is 72.0 Å². The first kappa shape index (κ1) is 16.4. The van der Waals surface area contributed by atoms with Crippen LogP contribution in [0.4, 0.5) is 0 Å². The molecular formula is C21H30O3. The zero-order valence-electron chi connectivity index (χ0n) is 15.2. The van der Waals surface area contributed by atoms with Crippen molar-refractivity contribution in [1.29, 1.82) is 0 Å². The van der Waals surface area contributed by atoms with Crippen LogP contribution in [0.25, 0.3) is 0 Å². The lowest BCUT2D eigenvalue weighted by atomic mass is 9.49. The van der Waals surface area contributed by atoms with Crippen LogP contribution in [0.3, 0.4) is 0 Å². The molecule has 132 valence electrons. The number of fused-ring (bicyclic) bond motifs is 5. The van der Waals surface area contributed by atoms with Gasteiger partial charge in [-0.25, -0.2) is 0 Å². The van der Waals surface area contributed by atoms with Gasteiger partial charge < -0.3 is 9.84 Å². The van der Waals surface area contributed by atoms with Crippen molar-refractivity contribution in [2.75, 3.05) is 0 Å². The molecule has 0 heterocycles. The molecule has 2 saturated carbocycles. The van der Waals surface area contributed by atoms with E-state index in [0.29, 0.717) is 23.5 Å². The molecule has 0 aromatic heterocycles. The fraction of sp³-hybridized carbons (Fsp3) is 0.762. The largest absolute Gasteiger partial charge is 0.470 e. The molecule has 0 saturated heterocycles. The summed E-state index contributed by atoms with van der Waals surface area (Å²) < 4.78 is 5.55. The highest BCUT2D eigenvalue weighted by atomic mass is 16.6. The smallest absolute Gasteiger partial charge is 0.194 e. The summed E-state index contributed by atoms with van der Waals surface area (Å²) in [6, 6.07) is 0. The van der Waals surface area contributed by atoms with E-state index in [1.54, 1.807) is 6.92 Å². The van der Waals surface area contributed by atoms with Gasteiger partial charge >= 0.3 is 0 Å². The lowest BCUT2D eigenvalue weighted by molar-refractivity contribution is -0.131. The van der Waals surface area contributed by atoms with Crippen LogP contribution < -0.4 is 0 Å². The van der Waals surface area contributed by atoms with Gasteiger partial charge in [-0.2, -0.15) is 0 Å². The maximum Gasteiger partial charge on any atom is 0.194 e. The van der Waals surface area contributed by atoms with E-state index in [0.717, 1.165) is 44.3 Å². The van der Waals surface area contributed by atoms with E-state index in [4.69, 9.17) is 4.74 Å². The number of carbonyl (C=O) groups is 1. The minimum absolute atomic E-state index is 0.0477. The number of hydrogen-bond donors (Lipinski definition) is 1. The fourth-order valence-corrected chi connectivity index (χ4v) is 6.38. The zero-order chi connectivity index (χ0) is 17.1. The van der Waals surface area contributed by atoms with Crippen molar-refractivity contribution in [3.8, 4) is 0 Å². The summed E-state index contributed by atoms with van der Waals surface area (Å²) in [4.78, 5) is 12.4. The third kappa shape index (κ3) is 2.23. The maximum atomic E-state index is 12.4. The molecule has 0 aromatic rings. The van der Waals surface area contributed by atoms with Gasteiger partial charge in [0.15, 0.2) is 6.29 Å². The average molecular weight is 330 g/mol. The van der Waals surface area contributed by atoms with Gasteiger partial charge in [0.25, 0.3) is 0 Å². The summed E-state index contributed by atoms with van der Waals surface area (Å²) in [7, 11) is 0. The van der Waals surface area contributed by atoms with Crippen LogP contribution in [0.15, 0.2) is 23.5 Å². The van der Waals surface area contributed by atoms with Crippen molar-refractivity contribution in [1.82, 2.24) is 0 Å². The Bertz CT molecular complexity index is 617. The van der Waals surface area contributed by atoms with Gasteiger partial charge in [-0.15, -0.1) is 0 Å². The van der Waals surface area contributed by atoms with Crippen LogP contribution in [-0.4, -0.2) is 17.2 Å². The standard InChI is InChI=1S/C21H30O3/c1-13(22)24-15-8-10-20(2)14(12-15)4-5-16-17-6-7-19(23)21(17,3)11-9-18(16)20/h4,12-13,16-18,22H,5-11H2,1-3H3/t13?,16-,17-,18-,20-,21-/m0/s1. The Morgan fingerprint density at radius 2 is 1.92 bits per heavy atom. The Labute approximate surface area is 145 Å². The van der Waals surface area contributed by atoms with E-state index < -0.39 is 6.29 Å². The Kier molecular flexibility index (Phi) is 3.72. The predicted octanol–water partition coefficient (Wildman–Crippen LogP) is 4.37. The van der Waals surface area contributed by atoms with Gasteiger partial charge in [0.2, 0.25) is 0 Å². The quantitative estimate of drug-likeness (QED) is 0.765. The van der Waals surface area contributed by atoms with Crippen molar-refractivity contribution in [2.24, 2.45) is 28.6 Å². The molecule has 0 radical (unpaired) electrons. The number of hydrogen-bond acceptors (Lipinski definition) is 3. The van der Waals surface area contributed by atoms with E-state index >= 15 is 0 Å². The van der Waals surface area contributed by atoms with E-state index in [1.807, 2.05) is 0 Å². The topological polar surface area (TPSA) is 46.5 Å². The van der Waals surface area contributed by atoms with Crippen LogP contribution in [0.2, 0.25) is 0 Å². The summed E-state index contributed by atoms with van der Waals surface area (Å²) in [5.41, 5.74) is 1.56. The first-order chi connectivity index (χ1) is 11.3. The van der Waals surface area contributed by atoms with E-state index in [1.165, 1.54) is 12.0 Å². The van der Waals surface area contributed by atoms with Gasteiger partial charge in [-0.1, -0.05) is 19.9 Å². The van der Waals surface area contributed by atoms with Crippen molar-refractivity contribution < 1.29 is 14.6 Å². The summed E-state index contributed by atoms with van der Waals surface area (Å²) in [6.45, 7) is 6.32. The second-order valence-corrected chi connectivity index (χ2v) is 8.94. The van der Waals surface area contributed by atoms with Gasteiger partial charge in [-0.05, 0) is 73.8 Å². The maximum absolute atomic E-state index is 12.4. The Morgan fingerprint density at radius 1 is 1.17 bits per heavy atom. The molecule has 6 atom stereocenters. The second-order valence-electron chi connectivity index (χ2n) is 8.94. The molecule has 4 aliphatic carbocycles. The first-order valence-corrected chi connectivity index (χ1v) is 9.64. The minimum Gasteiger partial charge on any atom is -0.470 e. The Balaban J connectivity index is 1.65. The van der Waals surface area contributed by atoms with Gasteiger partial charge in [0, 0.05) is 18.3 Å². The number of aliphatic hydroxyl groups excluding tert-OH is 1. The highest BCUT2D eigenvalue weighted by Crippen LogP contribution is 2.63. The lowest BCUT2D eigenvalue weighted by Gasteiger charge is -2.55. The van der Waals surface area contributed by atoms with Gasteiger partial charge in [0.1, 0.15) is 5.78 Å². The van der Waals surface area contributed by atoms with Gasteiger partial charge in [-0.3, -0.25) is 4.79 Å². The molecule has 0 spiro atoms. The van der Waals surface area contributed by atoms with E-state index in [2.05, 4.69) is 26.0 Å². The third-order valence-electron chi connectivity index (χ3n) is 7.76. The monoisotopic (exact) mass is 330 g/mol. The Hall–Kier alpha value is -1.09. The van der Waals surface area contributed by atoms with E-state index in [9.17, 15) is 9.90 Å². The number of aliphatic hydroxyl groups is 1. The molecular weight excluding hydrogens is 300 g/mol. The normalized spacial score (nSPS) is 45.5. The number of ketones is 1. The number of allylic oxidation sites excluding steroid dienone is 4. The van der Waals surface area contributed by atoms with Crippen LogP contribution in [0.5, 0.6) is 0 Å². The molecule has 0 bridgehead atoms. The molecule has 4 rings (SSSR count).